The summed E-state index contributed by atoms with van der Waals surface area (Å²) in [5.41, 5.74) is 5.45. The maximum atomic E-state index is 12.1. The van der Waals surface area contributed by atoms with Gasteiger partial charge in [-0.25, -0.2) is 0 Å². The van der Waals surface area contributed by atoms with E-state index < -0.39 is 0 Å². The van der Waals surface area contributed by atoms with Gasteiger partial charge >= 0.3 is 0 Å². The van der Waals surface area contributed by atoms with E-state index in [2.05, 4.69) is 5.32 Å². The van der Waals surface area contributed by atoms with E-state index in [1.165, 1.54) is 11.3 Å². The Morgan fingerprint density at radius 2 is 2.11 bits per heavy atom. The van der Waals surface area contributed by atoms with Crippen LogP contribution in [-0.2, 0) is 0 Å². The van der Waals surface area contributed by atoms with Crippen LogP contribution in [-0.4, -0.2) is 25.1 Å². The van der Waals surface area contributed by atoms with E-state index >= 15 is 0 Å². The van der Waals surface area contributed by atoms with Gasteiger partial charge in [-0.05, 0) is 12.8 Å². The molecule has 0 aliphatic carbocycles. The number of hydrogen-bond donors (Lipinski definition) is 2. The number of carbonyl (C=O) groups is 1. The molecule has 0 saturated heterocycles. The summed E-state index contributed by atoms with van der Waals surface area (Å²) in [5, 5.41) is 4.84. The number of nitrogens with one attached hydrogen (secondary N) is 1. The van der Waals surface area contributed by atoms with Crippen molar-refractivity contribution in [1.29, 1.82) is 0 Å². The zero-order valence-electron chi connectivity index (χ0n) is 11.0. The maximum Gasteiger partial charge on any atom is 0.261 e. The Morgan fingerprint density at radius 1 is 1.50 bits per heavy atom. The Labute approximate surface area is 118 Å². The van der Waals surface area contributed by atoms with Crippen LogP contribution in [0.5, 0.6) is 5.75 Å². The summed E-state index contributed by atoms with van der Waals surface area (Å²) in [6.07, 6.45) is 1.66. The average molecular weight is 293 g/mol. The largest absolute Gasteiger partial charge is 0.496 e. The molecular weight excluding hydrogens is 272 g/mol. The van der Waals surface area contributed by atoms with Gasteiger partial charge in [-0.3, -0.25) is 4.79 Å². The molecule has 0 unspecified atom stereocenters. The Balaban J connectivity index is 0.00000289. The van der Waals surface area contributed by atoms with Gasteiger partial charge in [0.1, 0.15) is 5.75 Å². The van der Waals surface area contributed by atoms with Crippen LogP contribution in [0.4, 0.5) is 0 Å². The topological polar surface area (TPSA) is 64.3 Å². The van der Waals surface area contributed by atoms with E-state index in [9.17, 15) is 4.79 Å². The van der Waals surface area contributed by atoms with Gasteiger partial charge < -0.3 is 15.8 Å². The molecule has 104 valence electrons. The molecule has 0 atom stereocenters. The minimum absolute atomic E-state index is 0. The van der Waals surface area contributed by atoms with E-state index in [-0.39, 0.29) is 23.9 Å². The highest BCUT2D eigenvalue weighted by Crippen LogP contribution is 2.22. The van der Waals surface area contributed by atoms with E-state index in [0.29, 0.717) is 17.2 Å². The summed E-state index contributed by atoms with van der Waals surface area (Å²) in [6.45, 7) is 4.52. The highest BCUT2D eigenvalue weighted by atomic mass is 35.5. The Hall–Kier alpha value is -0.780. The van der Waals surface area contributed by atoms with Crippen molar-refractivity contribution in [2.24, 2.45) is 5.73 Å². The zero-order chi connectivity index (χ0) is 12.9. The standard InChI is InChI=1S/C12H20N2O2S.ClH/c1-4-12(5-2,8-13)14-11(15)10-6-9(16-3)7-17-10;/h6-7H,4-5,8,13H2,1-3H3,(H,14,15);1H. The molecule has 0 spiro atoms. The van der Waals surface area contributed by atoms with E-state index in [0.717, 1.165) is 12.8 Å². The first-order valence-electron chi connectivity index (χ1n) is 5.76. The molecule has 0 aliphatic rings. The molecule has 0 saturated carbocycles. The number of methoxy groups -OCH3 is 1. The molecule has 0 bridgehead atoms. The number of hydrogen-bond acceptors (Lipinski definition) is 4. The van der Waals surface area contributed by atoms with Crippen molar-refractivity contribution in [3.63, 3.8) is 0 Å². The monoisotopic (exact) mass is 292 g/mol. The lowest BCUT2D eigenvalue weighted by atomic mass is 9.93. The number of carbonyl (C=O) groups excluding carboxylic acids is 1. The van der Waals surface area contributed by atoms with E-state index in [1.807, 2.05) is 19.2 Å². The molecule has 1 amide bonds. The molecule has 0 aliphatic heterocycles. The number of halogens is 1. The fourth-order valence-electron chi connectivity index (χ4n) is 1.61. The SMILES string of the molecule is CCC(CC)(CN)NC(=O)c1cc(OC)cs1.Cl. The summed E-state index contributed by atoms with van der Waals surface area (Å²) < 4.78 is 5.06. The zero-order valence-corrected chi connectivity index (χ0v) is 12.6. The highest BCUT2D eigenvalue weighted by molar-refractivity contribution is 7.12. The molecule has 1 aromatic rings. The van der Waals surface area contributed by atoms with Crippen molar-refractivity contribution in [2.45, 2.75) is 32.2 Å². The summed E-state index contributed by atoms with van der Waals surface area (Å²) in [5.74, 6) is 0.638. The van der Waals surface area contributed by atoms with Crippen molar-refractivity contribution in [3.05, 3.63) is 16.3 Å². The first kappa shape index (κ1) is 17.2. The van der Waals surface area contributed by atoms with Gasteiger partial charge in [0.25, 0.3) is 5.91 Å². The van der Waals surface area contributed by atoms with Crippen LogP contribution in [0.1, 0.15) is 36.4 Å². The number of rotatable bonds is 6. The minimum atomic E-state index is -0.297. The first-order chi connectivity index (χ1) is 8.10. The van der Waals surface area contributed by atoms with Gasteiger partial charge in [-0.15, -0.1) is 23.7 Å². The molecule has 1 heterocycles. The van der Waals surface area contributed by atoms with Crippen molar-refractivity contribution in [2.75, 3.05) is 13.7 Å². The van der Waals surface area contributed by atoms with Crippen LogP contribution in [0, 0.1) is 0 Å². The first-order valence-corrected chi connectivity index (χ1v) is 6.64. The Bertz CT molecular complexity index is 370. The number of thiophene rings is 1. The predicted octanol–water partition coefficient (Wildman–Crippen LogP) is 2.43. The van der Waals surface area contributed by atoms with Crippen molar-refractivity contribution >= 4 is 29.7 Å². The third-order valence-electron chi connectivity index (χ3n) is 3.16. The molecular formula is C12H21ClN2O2S. The molecule has 0 aromatic carbocycles. The fraction of sp³-hybridized carbons (Fsp3) is 0.583. The van der Waals surface area contributed by atoms with Gasteiger partial charge in [0.2, 0.25) is 0 Å². The third-order valence-corrected chi connectivity index (χ3v) is 4.07. The van der Waals surface area contributed by atoms with Crippen LogP contribution in [0.25, 0.3) is 0 Å². The maximum absolute atomic E-state index is 12.1. The van der Waals surface area contributed by atoms with Crippen LogP contribution in [0.2, 0.25) is 0 Å². The molecule has 18 heavy (non-hydrogen) atoms. The lowest BCUT2D eigenvalue weighted by molar-refractivity contribution is 0.0899. The second-order valence-electron chi connectivity index (χ2n) is 4.00. The average Bonchev–Trinajstić information content (AvgIpc) is 2.85. The lowest BCUT2D eigenvalue weighted by Crippen LogP contribution is -2.52. The lowest BCUT2D eigenvalue weighted by Gasteiger charge is -2.31. The second-order valence-corrected chi connectivity index (χ2v) is 4.91. The summed E-state index contributed by atoms with van der Waals surface area (Å²) in [4.78, 5) is 12.7. The molecule has 1 rings (SSSR count). The van der Waals surface area contributed by atoms with Gasteiger partial charge in [-0.2, -0.15) is 0 Å². The number of ether oxygens (including phenoxy) is 1. The number of amides is 1. The van der Waals surface area contributed by atoms with Gasteiger partial charge in [-0.1, -0.05) is 13.8 Å². The Morgan fingerprint density at radius 3 is 2.50 bits per heavy atom. The van der Waals surface area contributed by atoms with Gasteiger partial charge in [0, 0.05) is 18.0 Å². The molecule has 6 heteroatoms. The van der Waals surface area contributed by atoms with Crippen LogP contribution < -0.4 is 15.8 Å². The second kappa shape index (κ2) is 7.61. The van der Waals surface area contributed by atoms with Crippen molar-refractivity contribution in [3.8, 4) is 5.75 Å². The minimum Gasteiger partial charge on any atom is -0.496 e. The van der Waals surface area contributed by atoms with Crippen molar-refractivity contribution in [1.82, 2.24) is 5.32 Å². The molecule has 1 aromatic heterocycles. The molecule has 0 radical (unpaired) electrons. The smallest absolute Gasteiger partial charge is 0.261 e. The molecule has 4 nitrogen and oxygen atoms in total. The summed E-state index contributed by atoms with van der Waals surface area (Å²) in [7, 11) is 1.59. The van der Waals surface area contributed by atoms with Gasteiger partial charge in [0.05, 0.1) is 17.5 Å². The summed E-state index contributed by atoms with van der Waals surface area (Å²) in [6, 6.07) is 1.74. The predicted molar refractivity (Wildman–Crippen MR) is 78.0 cm³/mol. The summed E-state index contributed by atoms with van der Waals surface area (Å²) >= 11 is 1.38. The highest BCUT2D eigenvalue weighted by Gasteiger charge is 2.27. The van der Waals surface area contributed by atoms with Crippen LogP contribution in [0.3, 0.4) is 0 Å². The van der Waals surface area contributed by atoms with Crippen molar-refractivity contribution < 1.29 is 9.53 Å². The van der Waals surface area contributed by atoms with E-state index in [1.54, 1.807) is 13.2 Å². The normalized spacial score (nSPS) is 10.7. The van der Waals surface area contributed by atoms with Gasteiger partial charge in [0.15, 0.2) is 0 Å². The fourth-order valence-corrected chi connectivity index (χ4v) is 2.36. The van der Waals surface area contributed by atoms with E-state index in [4.69, 9.17) is 10.5 Å². The molecule has 3 N–H and O–H groups in total. The Kier molecular flexibility index (Phi) is 7.28. The third kappa shape index (κ3) is 3.86. The number of nitrogens with two attached hydrogens (primary N) is 1. The van der Waals surface area contributed by atoms with Crippen LogP contribution in [0.15, 0.2) is 11.4 Å². The molecule has 0 fully saturated rings. The van der Waals surface area contributed by atoms with Crippen LogP contribution >= 0.6 is 23.7 Å². The quantitative estimate of drug-likeness (QED) is 0.846.